The van der Waals surface area contributed by atoms with Gasteiger partial charge in [-0.1, -0.05) is 11.6 Å². The summed E-state index contributed by atoms with van der Waals surface area (Å²) in [6, 6.07) is 4.28. The average molecular weight is 406 g/mol. The Morgan fingerprint density at radius 3 is 2.50 bits per heavy atom. The zero-order chi connectivity index (χ0) is 19.5. The molecule has 0 spiro atoms. The van der Waals surface area contributed by atoms with Crippen LogP contribution in [0.4, 0.5) is 8.78 Å². The van der Waals surface area contributed by atoms with Crippen molar-refractivity contribution in [2.75, 3.05) is 13.7 Å². The largest absolute Gasteiger partial charge is 0.493 e. The Bertz CT molecular complexity index is 950. The monoisotopic (exact) mass is 405 g/mol. The topological polar surface area (TPSA) is 81.7 Å². The van der Waals surface area contributed by atoms with Crippen molar-refractivity contribution in [2.45, 2.75) is 11.8 Å². The second kappa shape index (κ2) is 7.88. The van der Waals surface area contributed by atoms with Crippen molar-refractivity contribution in [1.82, 2.24) is 4.72 Å². The van der Waals surface area contributed by atoms with Gasteiger partial charge in [0.15, 0.2) is 11.5 Å². The summed E-state index contributed by atoms with van der Waals surface area (Å²) < 4.78 is 63.0. The van der Waals surface area contributed by atoms with Gasteiger partial charge in [-0.25, -0.2) is 21.9 Å². The summed E-state index contributed by atoms with van der Waals surface area (Å²) in [7, 11) is -3.24. The Kier molecular flexibility index (Phi) is 6.04. The molecule has 0 aliphatic carbocycles. The van der Waals surface area contributed by atoms with Crippen LogP contribution >= 0.6 is 11.6 Å². The number of halogens is 3. The van der Waals surface area contributed by atoms with Gasteiger partial charge < -0.3 is 9.47 Å². The number of carbonyl (C=O) groups excluding carboxylic acids is 1. The van der Waals surface area contributed by atoms with Gasteiger partial charge >= 0.3 is 0 Å². The summed E-state index contributed by atoms with van der Waals surface area (Å²) in [6.07, 6.45) is 0. The smallest absolute Gasteiger partial charge is 0.267 e. The number of nitrogens with one attached hydrogen (secondary N) is 1. The number of hydrogen-bond donors (Lipinski definition) is 1. The number of carbonyl (C=O) groups is 1. The lowest BCUT2D eigenvalue weighted by molar-refractivity contribution is 0.0981. The van der Waals surface area contributed by atoms with Crippen molar-refractivity contribution < 1.29 is 31.5 Å². The number of rotatable bonds is 6. The van der Waals surface area contributed by atoms with E-state index in [1.165, 1.54) is 19.2 Å². The van der Waals surface area contributed by atoms with Crippen LogP contribution in [0.1, 0.15) is 17.3 Å². The van der Waals surface area contributed by atoms with Gasteiger partial charge in [0, 0.05) is 11.6 Å². The minimum atomic E-state index is -4.56. The van der Waals surface area contributed by atoms with Gasteiger partial charge in [0.2, 0.25) is 0 Å². The van der Waals surface area contributed by atoms with Crippen LogP contribution in [-0.2, 0) is 10.0 Å². The lowest BCUT2D eigenvalue weighted by atomic mass is 10.2. The molecule has 2 rings (SSSR count). The van der Waals surface area contributed by atoms with Crippen LogP contribution < -0.4 is 14.2 Å². The molecule has 0 aliphatic rings. The van der Waals surface area contributed by atoms with E-state index in [0.717, 1.165) is 6.07 Å². The first-order valence-corrected chi connectivity index (χ1v) is 9.08. The number of ether oxygens (including phenoxy) is 2. The summed E-state index contributed by atoms with van der Waals surface area (Å²) in [4.78, 5) is 11.4. The molecule has 0 atom stereocenters. The molecule has 10 heteroatoms. The molecule has 2 aromatic carbocycles. The SMILES string of the molecule is CCOc1c(Cl)cc(C(=O)NS(=O)(=O)c2ccc(F)cc2F)cc1OC. The maximum absolute atomic E-state index is 13.7. The molecule has 2 aromatic rings. The van der Waals surface area contributed by atoms with Crippen LogP contribution in [0, 0.1) is 11.6 Å². The lowest BCUT2D eigenvalue weighted by Crippen LogP contribution is -2.31. The highest BCUT2D eigenvalue weighted by atomic mass is 35.5. The van der Waals surface area contributed by atoms with Gasteiger partial charge in [-0.3, -0.25) is 4.79 Å². The molecule has 0 fully saturated rings. The van der Waals surface area contributed by atoms with Gasteiger partial charge in [0.1, 0.15) is 16.5 Å². The second-order valence-corrected chi connectivity index (χ2v) is 6.99. The molecule has 140 valence electrons. The van der Waals surface area contributed by atoms with Gasteiger partial charge in [-0.05, 0) is 31.2 Å². The van der Waals surface area contributed by atoms with Crippen LogP contribution in [0.5, 0.6) is 11.5 Å². The molecule has 0 aliphatic heterocycles. The Morgan fingerprint density at radius 2 is 1.92 bits per heavy atom. The summed E-state index contributed by atoms with van der Waals surface area (Å²) in [6.45, 7) is 2.01. The maximum Gasteiger partial charge on any atom is 0.267 e. The minimum Gasteiger partial charge on any atom is -0.493 e. The molecule has 0 heterocycles. The van der Waals surface area contributed by atoms with Crippen LogP contribution in [0.2, 0.25) is 5.02 Å². The summed E-state index contributed by atoms with van der Waals surface area (Å²) in [5.41, 5.74) is -0.151. The quantitative estimate of drug-likeness (QED) is 0.798. The molecule has 0 bridgehead atoms. The van der Waals surface area contributed by atoms with Crippen LogP contribution in [0.25, 0.3) is 0 Å². The molecular weight excluding hydrogens is 392 g/mol. The highest BCUT2D eigenvalue weighted by molar-refractivity contribution is 7.90. The van der Waals surface area contributed by atoms with Gasteiger partial charge in [-0.15, -0.1) is 0 Å². The summed E-state index contributed by atoms with van der Waals surface area (Å²) in [5.74, 6) is -3.03. The van der Waals surface area contributed by atoms with Gasteiger partial charge in [0.25, 0.3) is 15.9 Å². The summed E-state index contributed by atoms with van der Waals surface area (Å²) >= 11 is 6.03. The van der Waals surface area contributed by atoms with E-state index in [9.17, 15) is 22.0 Å². The fourth-order valence-electron chi connectivity index (χ4n) is 2.06. The average Bonchev–Trinajstić information content (AvgIpc) is 2.55. The van der Waals surface area contributed by atoms with Crippen molar-refractivity contribution in [3.05, 3.63) is 52.6 Å². The Morgan fingerprint density at radius 1 is 1.23 bits per heavy atom. The summed E-state index contributed by atoms with van der Waals surface area (Å²) in [5, 5.41) is 0.0294. The van der Waals surface area contributed by atoms with Crippen molar-refractivity contribution in [1.29, 1.82) is 0 Å². The predicted octanol–water partition coefficient (Wildman–Crippen LogP) is 3.14. The Labute approximate surface area is 153 Å². The third kappa shape index (κ3) is 4.23. The molecule has 0 radical (unpaired) electrons. The molecule has 0 saturated heterocycles. The third-order valence-corrected chi connectivity index (χ3v) is 4.84. The number of benzene rings is 2. The highest BCUT2D eigenvalue weighted by Gasteiger charge is 2.24. The van der Waals surface area contributed by atoms with E-state index >= 15 is 0 Å². The molecule has 6 nitrogen and oxygen atoms in total. The van der Waals surface area contributed by atoms with E-state index in [-0.39, 0.29) is 22.1 Å². The van der Waals surface area contributed by atoms with E-state index in [2.05, 4.69) is 0 Å². The normalized spacial score (nSPS) is 11.1. The molecule has 26 heavy (non-hydrogen) atoms. The van der Waals surface area contributed by atoms with Crippen molar-refractivity contribution in [3.8, 4) is 11.5 Å². The van der Waals surface area contributed by atoms with E-state index in [1.54, 1.807) is 11.6 Å². The van der Waals surface area contributed by atoms with Crippen LogP contribution in [0.3, 0.4) is 0 Å². The number of hydrogen-bond acceptors (Lipinski definition) is 5. The molecule has 0 aromatic heterocycles. The third-order valence-electron chi connectivity index (χ3n) is 3.19. The van der Waals surface area contributed by atoms with E-state index < -0.39 is 32.5 Å². The van der Waals surface area contributed by atoms with E-state index in [0.29, 0.717) is 18.7 Å². The van der Waals surface area contributed by atoms with Gasteiger partial charge in [0.05, 0.1) is 18.7 Å². The standard InChI is InChI=1S/C16H14ClF2NO5S/c1-3-25-15-11(17)6-9(7-13(15)24-2)16(21)20-26(22,23)14-5-4-10(18)8-12(14)19/h4-8H,3H2,1-2H3,(H,20,21). The minimum absolute atomic E-state index is 0.0294. The fourth-order valence-corrected chi connectivity index (χ4v) is 3.36. The van der Waals surface area contributed by atoms with E-state index in [1.807, 2.05) is 0 Å². The Balaban J connectivity index is 2.36. The van der Waals surface area contributed by atoms with Crippen LogP contribution in [0.15, 0.2) is 35.2 Å². The van der Waals surface area contributed by atoms with E-state index in [4.69, 9.17) is 21.1 Å². The number of methoxy groups -OCH3 is 1. The fraction of sp³-hybridized carbons (Fsp3) is 0.188. The Hall–Kier alpha value is -2.39. The molecule has 1 amide bonds. The maximum atomic E-state index is 13.7. The molecule has 0 saturated carbocycles. The van der Waals surface area contributed by atoms with Crippen molar-refractivity contribution >= 4 is 27.5 Å². The predicted molar refractivity (Wildman–Crippen MR) is 90.2 cm³/mol. The lowest BCUT2D eigenvalue weighted by Gasteiger charge is -2.13. The number of sulfonamides is 1. The highest BCUT2D eigenvalue weighted by Crippen LogP contribution is 2.36. The van der Waals surface area contributed by atoms with Crippen molar-refractivity contribution in [3.63, 3.8) is 0 Å². The zero-order valence-corrected chi connectivity index (χ0v) is 15.2. The molecule has 1 N–H and O–H groups in total. The first-order valence-electron chi connectivity index (χ1n) is 7.22. The first-order chi connectivity index (χ1) is 12.2. The van der Waals surface area contributed by atoms with Crippen LogP contribution in [-0.4, -0.2) is 28.0 Å². The first kappa shape index (κ1) is 19.9. The van der Waals surface area contributed by atoms with Gasteiger partial charge in [-0.2, -0.15) is 0 Å². The zero-order valence-electron chi connectivity index (χ0n) is 13.7. The molecular formula is C16H14ClF2NO5S. The molecule has 0 unspecified atom stereocenters. The number of amides is 1. The second-order valence-electron chi connectivity index (χ2n) is 4.93. The van der Waals surface area contributed by atoms with Crippen molar-refractivity contribution in [2.24, 2.45) is 0 Å².